The standard InChI is InChI=1S/C22H22N2O4/c1-14-5-8-17(9-6-14)12-18(13-23)22(26)28-16(3)21(25)24-19-11-15(2)7-10-20(19)27-4/h5-12,16H,1-4H3,(H,24,25)/b18-12+/t16-/m0/s1. The van der Waals surface area contributed by atoms with E-state index in [1.807, 2.05) is 38.1 Å². The van der Waals surface area contributed by atoms with Gasteiger partial charge in [0.15, 0.2) is 6.10 Å². The van der Waals surface area contributed by atoms with Crippen molar-refractivity contribution in [3.8, 4) is 11.8 Å². The van der Waals surface area contributed by atoms with Crippen molar-refractivity contribution >= 4 is 23.6 Å². The predicted molar refractivity (Wildman–Crippen MR) is 107 cm³/mol. The molecule has 0 radical (unpaired) electrons. The molecule has 0 spiro atoms. The second kappa shape index (κ2) is 9.38. The third-order valence-corrected chi connectivity index (χ3v) is 3.99. The van der Waals surface area contributed by atoms with E-state index in [4.69, 9.17) is 9.47 Å². The highest BCUT2D eigenvalue weighted by Gasteiger charge is 2.21. The number of rotatable bonds is 6. The summed E-state index contributed by atoms with van der Waals surface area (Å²) in [6.45, 7) is 5.26. The summed E-state index contributed by atoms with van der Waals surface area (Å²) in [4.78, 5) is 24.7. The Balaban J connectivity index is 2.08. The lowest BCUT2D eigenvalue weighted by molar-refractivity contribution is -0.148. The first kappa shape index (κ1) is 20.7. The number of amides is 1. The van der Waals surface area contributed by atoms with Crippen molar-refractivity contribution in [1.29, 1.82) is 5.26 Å². The second-order valence-corrected chi connectivity index (χ2v) is 6.32. The molecule has 1 N–H and O–H groups in total. The Labute approximate surface area is 164 Å². The summed E-state index contributed by atoms with van der Waals surface area (Å²) < 4.78 is 10.4. The van der Waals surface area contributed by atoms with Gasteiger partial charge in [-0.25, -0.2) is 4.79 Å². The van der Waals surface area contributed by atoms with Gasteiger partial charge in [0.05, 0.1) is 12.8 Å². The van der Waals surface area contributed by atoms with Gasteiger partial charge in [0.1, 0.15) is 17.4 Å². The van der Waals surface area contributed by atoms with Crippen molar-refractivity contribution in [2.75, 3.05) is 12.4 Å². The average Bonchev–Trinajstić information content (AvgIpc) is 2.67. The molecule has 0 heterocycles. The van der Waals surface area contributed by atoms with Gasteiger partial charge < -0.3 is 14.8 Å². The lowest BCUT2D eigenvalue weighted by Crippen LogP contribution is -2.30. The Hall–Kier alpha value is -3.59. The van der Waals surface area contributed by atoms with Crippen LogP contribution in [0.5, 0.6) is 5.75 Å². The molecule has 2 aromatic carbocycles. The van der Waals surface area contributed by atoms with Crippen molar-refractivity contribution in [2.24, 2.45) is 0 Å². The predicted octanol–water partition coefficient (Wildman–Crippen LogP) is 3.79. The Kier molecular flexibility index (Phi) is 6.94. The molecule has 0 aliphatic rings. The van der Waals surface area contributed by atoms with E-state index in [1.54, 1.807) is 24.3 Å². The molecule has 0 aliphatic carbocycles. The van der Waals surface area contributed by atoms with Gasteiger partial charge in [-0.2, -0.15) is 5.26 Å². The fraction of sp³-hybridized carbons (Fsp3) is 0.227. The Bertz CT molecular complexity index is 940. The van der Waals surface area contributed by atoms with E-state index in [9.17, 15) is 14.9 Å². The van der Waals surface area contributed by atoms with Crippen LogP contribution in [0, 0.1) is 25.2 Å². The monoisotopic (exact) mass is 378 g/mol. The zero-order valence-electron chi connectivity index (χ0n) is 16.3. The molecule has 28 heavy (non-hydrogen) atoms. The summed E-state index contributed by atoms with van der Waals surface area (Å²) in [7, 11) is 1.50. The van der Waals surface area contributed by atoms with Gasteiger partial charge in [0.25, 0.3) is 5.91 Å². The molecule has 2 rings (SSSR count). The van der Waals surface area contributed by atoms with Crippen LogP contribution in [0.1, 0.15) is 23.6 Å². The molecule has 6 heteroatoms. The number of hydrogen-bond acceptors (Lipinski definition) is 5. The van der Waals surface area contributed by atoms with E-state index >= 15 is 0 Å². The minimum absolute atomic E-state index is 0.184. The van der Waals surface area contributed by atoms with Crippen molar-refractivity contribution in [2.45, 2.75) is 26.9 Å². The molecule has 0 aromatic heterocycles. The van der Waals surface area contributed by atoms with E-state index in [0.29, 0.717) is 17.0 Å². The molecular formula is C22H22N2O4. The number of nitriles is 1. The minimum Gasteiger partial charge on any atom is -0.495 e. The summed E-state index contributed by atoms with van der Waals surface area (Å²) in [6, 6.07) is 14.5. The van der Waals surface area contributed by atoms with Crippen LogP contribution in [0.25, 0.3) is 6.08 Å². The highest BCUT2D eigenvalue weighted by Crippen LogP contribution is 2.25. The molecule has 0 aliphatic heterocycles. The highest BCUT2D eigenvalue weighted by atomic mass is 16.5. The zero-order valence-corrected chi connectivity index (χ0v) is 16.3. The van der Waals surface area contributed by atoms with Crippen molar-refractivity contribution in [3.63, 3.8) is 0 Å². The van der Waals surface area contributed by atoms with Gasteiger partial charge in [-0.1, -0.05) is 35.9 Å². The molecule has 2 aromatic rings. The third kappa shape index (κ3) is 5.45. The SMILES string of the molecule is COc1ccc(C)cc1NC(=O)[C@H](C)OC(=O)/C(C#N)=C/c1ccc(C)cc1. The Morgan fingerprint density at radius 2 is 1.75 bits per heavy atom. The zero-order chi connectivity index (χ0) is 20.7. The third-order valence-electron chi connectivity index (χ3n) is 3.99. The molecule has 0 fully saturated rings. The smallest absolute Gasteiger partial charge is 0.349 e. The molecule has 0 saturated carbocycles. The van der Waals surface area contributed by atoms with Gasteiger partial charge in [0.2, 0.25) is 0 Å². The number of ether oxygens (including phenoxy) is 2. The largest absolute Gasteiger partial charge is 0.495 e. The normalized spacial score (nSPS) is 11.9. The van der Waals surface area contributed by atoms with Crippen molar-refractivity contribution in [1.82, 2.24) is 0 Å². The number of hydrogen-bond donors (Lipinski definition) is 1. The molecular weight excluding hydrogens is 356 g/mol. The van der Waals surface area contributed by atoms with E-state index in [0.717, 1.165) is 11.1 Å². The Morgan fingerprint density at radius 3 is 2.36 bits per heavy atom. The molecule has 0 saturated heterocycles. The van der Waals surface area contributed by atoms with E-state index < -0.39 is 18.0 Å². The van der Waals surface area contributed by atoms with Crippen molar-refractivity contribution < 1.29 is 19.1 Å². The van der Waals surface area contributed by atoms with Crippen LogP contribution in [0.4, 0.5) is 5.69 Å². The van der Waals surface area contributed by atoms with E-state index in [2.05, 4.69) is 5.32 Å². The fourth-order valence-corrected chi connectivity index (χ4v) is 2.40. The molecule has 0 unspecified atom stereocenters. The average molecular weight is 378 g/mol. The number of methoxy groups -OCH3 is 1. The van der Waals surface area contributed by atoms with Gasteiger partial charge in [-0.05, 0) is 50.1 Å². The first-order valence-corrected chi connectivity index (χ1v) is 8.69. The van der Waals surface area contributed by atoms with Gasteiger partial charge in [0, 0.05) is 0 Å². The van der Waals surface area contributed by atoms with Crippen LogP contribution >= 0.6 is 0 Å². The highest BCUT2D eigenvalue weighted by molar-refractivity contribution is 6.01. The molecule has 1 atom stereocenters. The molecule has 144 valence electrons. The van der Waals surface area contributed by atoms with Crippen LogP contribution in [0.15, 0.2) is 48.0 Å². The van der Waals surface area contributed by atoms with E-state index in [-0.39, 0.29) is 5.57 Å². The fourth-order valence-electron chi connectivity index (χ4n) is 2.40. The first-order chi connectivity index (χ1) is 13.3. The summed E-state index contributed by atoms with van der Waals surface area (Å²) in [5.74, 6) is -0.888. The van der Waals surface area contributed by atoms with Gasteiger partial charge in [-0.15, -0.1) is 0 Å². The van der Waals surface area contributed by atoms with Crippen LogP contribution in [-0.2, 0) is 14.3 Å². The number of nitrogens with one attached hydrogen (secondary N) is 1. The quantitative estimate of drug-likeness (QED) is 0.469. The van der Waals surface area contributed by atoms with E-state index in [1.165, 1.54) is 20.1 Å². The number of nitrogens with zero attached hydrogens (tertiary/aromatic N) is 1. The summed E-state index contributed by atoms with van der Waals surface area (Å²) in [6.07, 6.45) is 0.336. The van der Waals surface area contributed by atoms with Gasteiger partial charge in [-0.3, -0.25) is 4.79 Å². The maximum absolute atomic E-state index is 12.4. The Morgan fingerprint density at radius 1 is 1.11 bits per heavy atom. The maximum Gasteiger partial charge on any atom is 0.349 e. The number of benzene rings is 2. The summed E-state index contributed by atoms with van der Waals surface area (Å²) >= 11 is 0. The molecule has 1 amide bonds. The van der Waals surface area contributed by atoms with Gasteiger partial charge >= 0.3 is 5.97 Å². The number of carbonyl (C=O) groups excluding carboxylic acids is 2. The summed E-state index contributed by atoms with van der Waals surface area (Å²) in [5, 5.41) is 11.9. The molecule has 6 nitrogen and oxygen atoms in total. The second-order valence-electron chi connectivity index (χ2n) is 6.32. The maximum atomic E-state index is 12.4. The molecule has 0 bridgehead atoms. The lowest BCUT2D eigenvalue weighted by Gasteiger charge is -2.15. The van der Waals surface area contributed by atoms with Crippen LogP contribution in [0.2, 0.25) is 0 Å². The van der Waals surface area contributed by atoms with Crippen molar-refractivity contribution in [3.05, 3.63) is 64.7 Å². The van der Waals surface area contributed by atoms with Crippen LogP contribution in [-0.4, -0.2) is 25.1 Å². The minimum atomic E-state index is -1.09. The first-order valence-electron chi connectivity index (χ1n) is 8.69. The van der Waals surface area contributed by atoms with Crippen LogP contribution < -0.4 is 10.1 Å². The lowest BCUT2D eigenvalue weighted by atomic mass is 10.1. The number of anilines is 1. The number of esters is 1. The number of aryl methyl sites for hydroxylation is 2. The summed E-state index contributed by atoms with van der Waals surface area (Å²) in [5.41, 5.74) is 2.99. The van der Waals surface area contributed by atoms with Crippen LogP contribution in [0.3, 0.4) is 0 Å². The number of carbonyl (C=O) groups is 2. The topological polar surface area (TPSA) is 88.4 Å².